The van der Waals surface area contributed by atoms with Gasteiger partial charge in [-0.2, -0.15) is 16.8 Å². The molecule has 0 unspecified atom stereocenters. The van der Waals surface area contributed by atoms with Crippen molar-refractivity contribution in [2.45, 2.75) is 0 Å². The second kappa shape index (κ2) is 2.43. The molecule has 0 fully saturated rings. The summed E-state index contributed by atoms with van der Waals surface area (Å²) in [5.74, 6) is 0. The number of hydrogen-bond acceptors (Lipinski definition) is 5. The van der Waals surface area contributed by atoms with Gasteiger partial charge < -0.3 is 0 Å². The van der Waals surface area contributed by atoms with Gasteiger partial charge in [-0.15, -0.1) is 3.63 Å². The molecule has 7 heteroatoms. The molecule has 1 rings (SSSR count). The molecule has 0 atom stereocenters. The van der Waals surface area contributed by atoms with Crippen LogP contribution in [0.1, 0.15) is 0 Å². The van der Waals surface area contributed by atoms with Crippen molar-refractivity contribution in [3.8, 4) is 0 Å². The van der Waals surface area contributed by atoms with Gasteiger partial charge in [0.1, 0.15) is 0 Å². The van der Waals surface area contributed by atoms with E-state index in [4.69, 9.17) is 0 Å². The topological polar surface area (TPSA) is 77.5 Å². The highest BCUT2D eigenvalue weighted by atomic mass is 32.3. The predicted octanol–water partition coefficient (Wildman–Crippen LogP) is -0.296. The van der Waals surface area contributed by atoms with Crippen LogP contribution in [0.3, 0.4) is 0 Å². The normalized spacial score (nSPS) is 26.2. The highest BCUT2D eigenvalue weighted by Crippen LogP contribution is 2.08. The fourth-order valence-electron chi connectivity index (χ4n) is 0.461. The maximum absolute atomic E-state index is 10.6. The van der Waals surface area contributed by atoms with E-state index in [1.165, 1.54) is 0 Å². The zero-order valence-corrected chi connectivity index (χ0v) is 6.80. The molecule has 5 nitrogen and oxygen atoms in total. The van der Waals surface area contributed by atoms with Crippen LogP contribution in [0.15, 0.2) is 23.0 Å². The molecule has 1 heterocycles. The summed E-state index contributed by atoms with van der Waals surface area (Å²) in [6.07, 6.45) is 2.14. The predicted molar refractivity (Wildman–Crippen MR) is 37.2 cm³/mol. The molecular weight excluding hydrogens is 192 g/mol. The monoisotopic (exact) mass is 196 g/mol. The standard InChI is InChI=1S/C4H4O5S2/c5-10(6)3-1-2-4-11(7,8)9-10/h1-4H. The average Bonchev–Trinajstić information content (AvgIpc) is 1.86. The van der Waals surface area contributed by atoms with Crippen LogP contribution in [0.2, 0.25) is 0 Å². The lowest BCUT2D eigenvalue weighted by Crippen LogP contribution is -2.06. The minimum absolute atomic E-state index is 0.661. The third-order valence-electron chi connectivity index (χ3n) is 0.791. The molecule has 0 aromatic heterocycles. The Labute approximate surface area is 64.2 Å². The summed E-state index contributed by atoms with van der Waals surface area (Å²) in [5, 5.41) is 1.32. The number of allylic oxidation sites excluding steroid dienone is 2. The summed E-state index contributed by atoms with van der Waals surface area (Å²) in [5.41, 5.74) is 0. The fourth-order valence-corrected chi connectivity index (χ4v) is 2.45. The summed E-state index contributed by atoms with van der Waals surface area (Å²) in [6, 6.07) is 0. The minimum Gasteiger partial charge on any atom is -0.193 e. The zero-order chi connectivity index (χ0) is 8.54. The number of hydrogen-bond donors (Lipinski definition) is 0. The zero-order valence-electron chi connectivity index (χ0n) is 5.17. The van der Waals surface area contributed by atoms with E-state index in [2.05, 4.69) is 3.63 Å². The summed E-state index contributed by atoms with van der Waals surface area (Å²) in [4.78, 5) is 0. The lowest BCUT2D eigenvalue weighted by atomic mass is 10.6. The van der Waals surface area contributed by atoms with Crippen LogP contribution in [-0.2, 0) is 23.9 Å². The summed E-state index contributed by atoms with van der Waals surface area (Å²) < 4.78 is 46.0. The average molecular weight is 196 g/mol. The Hall–Kier alpha value is -0.660. The molecule has 0 aliphatic carbocycles. The van der Waals surface area contributed by atoms with Crippen molar-refractivity contribution in [1.29, 1.82) is 0 Å². The first-order valence-corrected chi connectivity index (χ1v) is 5.41. The van der Waals surface area contributed by atoms with Gasteiger partial charge >= 0.3 is 20.2 Å². The molecule has 0 aromatic carbocycles. The molecule has 0 amide bonds. The maximum Gasteiger partial charge on any atom is 0.304 e. The molecule has 0 spiro atoms. The molecule has 0 aromatic rings. The van der Waals surface area contributed by atoms with Crippen LogP contribution in [0.5, 0.6) is 0 Å². The van der Waals surface area contributed by atoms with Crippen molar-refractivity contribution in [3.63, 3.8) is 0 Å². The largest absolute Gasteiger partial charge is 0.304 e. The molecule has 1 aliphatic rings. The Morgan fingerprint density at radius 2 is 1.18 bits per heavy atom. The lowest BCUT2D eigenvalue weighted by Gasteiger charge is -1.93. The second-order valence-corrected chi connectivity index (χ2v) is 4.77. The van der Waals surface area contributed by atoms with Crippen LogP contribution < -0.4 is 0 Å². The molecule has 11 heavy (non-hydrogen) atoms. The third-order valence-corrected chi connectivity index (χ3v) is 3.29. The van der Waals surface area contributed by atoms with E-state index in [9.17, 15) is 16.8 Å². The van der Waals surface area contributed by atoms with Crippen LogP contribution >= 0.6 is 0 Å². The van der Waals surface area contributed by atoms with Gasteiger partial charge in [-0.05, 0) is 12.2 Å². The summed E-state index contributed by atoms with van der Waals surface area (Å²) in [6.45, 7) is 0. The minimum atomic E-state index is -4.06. The van der Waals surface area contributed by atoms with Gasteiger partial charge in [0.25, 0.3) is 0 Å². The lowest BCUT2D eigenvalue weighted by molar-refractivity contribution is 0.476. The smallest absolute Gasteiger partial charge is 0.193 e. The molecular formula is C4H4O5S2. The molecule has 1 aliphatic heterocycles. The van der Waals surface area contributed by atoms with Crippen LogP contribution in [0.25, 0.3) is 0 Å². The molecule has 0 saturated carbocycles. The van der Waals surface area contributed by atoms with E-state index < -0.39 is 20.2 Å². The van der Waals surface area contributed by atoms with Crippen molar-refractivity contribution in [3.05, 3.63) is 23.0 Å². The molecule has 62 valence electrons. The van der Waals surface area contributed by atoms with Gasteiger partial charge in [0.15, 0.2) is 0 Å². The van der Waals surface area contributed by atoms with E-state index in [0.29, 0.717) is 10.8 Å². The first-order chi connectivity index (χ1) is 4.91. The highest BCUT2D eigenvalue weighted by Gasteiger charge is 2.18. The van der Waals surface area contributed by atoms with Gasteiger partial charge in [-0.1, -0.05) is 0 Å². The van der Waals surface area contributed by atoms with E-state index in [1.807, 2.05) is 0 Å². The van der Waals surface area contributed by atoms with Crippen molar-refractivity contribution in [2.75, 3.05) is 0 Å². The van der Waals surface area contributed by atoms with Crippen molar-refractivity contribution < 1.29 is 20.5 Å². The number of rotatable bonds is 0. The van der Waals surface area contributed by atoms with E-state index in [-0.39, 0.29) is 0 Å². The van der Waals surface area contributed by atoms with Crippen LogP contribution in [-0.4, -0.2) is 16.8 Å². The molecule has 0 bridgehead atoms. The van der Waals surface area contributed by atoms with Gasteiger partial charge in [0.2, 0.25) is 0 Å². The Morgan fingerprint density at radius 3 is 1.55 bits per heavy atom. The Morgan fingerprint density at radius 1 is 0.818 bits per heavy atom. The fraction of sp³-hybridized carbons (Fsp3) is 0. The van der Waals surface area contributed by atoms with Gasteiger partial charge in [0, 0.05) is 0 Å². The van der Waals surface area contributed by atoms with Crippen molar-refractivity contribution >= 4 is 20.2 Å². The van der Waals surface area contributed by atoms with Crippen molar-refractivity contribution in [2.24, 2.45) is 0 Å². The highest BCUT2D eigenvalue weighted by molar-refractivity contribution is 8.02. The SMILES string of the molecule is O=S1(=O)C=CC=CS(=O)(=O)O1. The second-order valence-electron chi connectivity index (χ2n) is 1.71. The van der Waals surface area contributed by atoms with Crippen molar-refractivity contribution in [1.82, 2.24) is 0 Å². The quantitative estimate of drug-likeness (QED) is 0.531. The van der Waals surface area contributed by atoms with Gasteiger partial charge in [0.05, 0.1) is 10.8 Å². The molecule has 0 radical (unpaired) electrons. The summed E-state index contributed by atoms with van der Waals surface area (Å²) in [7, 11) is -8.12. The molecule has 0 N–H and O–H groups in total. The third kappa shape index (κ3) is 2.45. The Balaban J connectivity index is 3.23. The van der Waals surface area contributed by atoms with Gasteiger partial charge in [-0.3, -0.25) is 0 Å². The molecule has 0 saturated heterocycles. The summed E-state index contributed by atoms with van der Waals surface area (Å²) >= 11 is 0. The van der Waals surface area contributed by atoms with E-state index >= 15 is 0 Å². The first kappa shape index (κ1) is 8.44. The van der Waals surface area contributed by atoms with Crippen LogP contribution in [0, 0.1) is 0 Å². The van der Waals surface area contributed by atoms with Crippen LogP contribution in [0.4, 0.5) is 0 Å². The first-order valence-electron chi connectivity index (χ1n) is 2.47. The van der Waals surface area contributed by atoms with E-state index in [0.717, 1.165) is 12.2 Å². The van der Waals surface area contributed by atoms with E-state index in [1.54, 1.807) is 0 Å². The van der Waals surface area contributed by atoms with Gasteiger partial charge in [-0.25, -0.2) is 0 Å². The Bertz CT molecular complexity index is 356. The maximum atomic E-state index is 10.6. The Kier molecular flexibility index (Phi) is 1.87.